The molecule has 2 aliphatic rings. The molecule has 1 N–H and O–H groups in total. The van der Waals surface area contributed by atoms with Gasteiger partial charge in [0.15, 0.2) is 11.9 Å². The molecule has 0 spiro atoms. The number of hydrogen-bond acceptors (Lipinski definition) is 4. The fourth-order valence-electron chi connectivity index (χ4n) is 3.18. The second kappa shape index (κ2) is 8.61. The molecule has 2 amide bonds. The Bertz CT molecular complexity index is 1090. The molecule has 6 nitrogen and oxygen atoms in total. The lowest BCUT2D eigenvalue weighted by Gasteiger charge is -2.22. The van der Waals surface area contributed by atoms with Gasteiger partial charge in [-0.2, -0.15) is 0 Å². The Hall–Kier alpha value is -3.93. The number of amides is 2. The number of nitrogens with zero attached hydrogens (tertiary/aromatic N) is 1. The first-order valence-electron chi connectivity index (χ1n) is 9.50. The van der Waals surface area contributed by atoms with Crippen LogP contribution in [0.4, 0.5) is 0 Å². The first-order valence-corrected chi connectivity index (χ1v) is 9.50. The molecule has 2 aromatic rings. The Morgan fingerprint density at radius 3 is 2.77 bits per heavy atom. The van der Waals surface area contributed by atoms with Gasteiger partial charge in [0.1, 0.15) is 5.75 Å². The molecule has 150 valence electrons. The summed E-state index contributed by atoms with van der Waals surface area (Å²) in [6, 6.07) is 14.5. The standard InChI is InChI=1S/C24H20N2O4/c1-29-20-8-4-2-6-18(20)15-25-23(27)17-12-10-16(11-13-17)14-22-24(28)26-19-7-3-5-9-21(19)30-22/h2-14,21H,15H2,1H3,(H,25,27)/b22-14+. The van der Waals surface area contributed by atoms with Gasteiger partial charge in [-0.1, -0.05) is 42.5 Å². The van der Waals surface area contributed by atoms with E-state index in [1.165, 1.54) is 0 Å². The molecule has 0 saturated carbocycles. The van der Waals surface area contributed by atoms with E-state index in [4.69, 9.17) is 9.47 Å². The highest BCUT2D eigenvalue weighted by Crippen LogP contribution is 2.21. The Morgan fingerprint density at radius 2 is 1.97 bits per heavy atom. The fraction of sp³-hybridized carbons (Fsp3) is 0.125. The Balaban J connectivity index is 1.43. The molecule has 1 atom stereocenters. The third-order valence-corrected chi connectivity index (χ3v) is 4.75. The van der Waals surface area contributed by atoms with Gasteiger partial charge in [0, 0.05) is 17.7 Å². The van der Waals surface area contributed by atoms with Crippen LogP contribution < -0.4 is 10.1 Å². The molecule has 2 aromatic carbocycles. The van der Waals surface area contributed by atoms with Crippen LogP contribution in [-0.2, 0) is 16.1 Å². The van der Waals surface area contributed by atoms with Crippen LogP contribution in [0.2, 0.25) is 0 Å². The van der Waals surface area contributed by atoms with Crippen LogP contribution in [0, 0.1) is 0 Å². The normalized spacial score (nSPS) is 18.4. The zero-order chi connectivity index (χ0) is 20.9. The quantitative estimate of drug-likeness (QED) is 0.780. The van der Waals surface area contributed by atoms with Crippen LogP contribution >= 0.6 is 0 Å². The summed E-state index contributed by atoms with van der Waals surface area (Å²) in [6.07, 6.45) is 8.56. The van der Waals surface area contributed by atoms with Crippen molar-refractivity contribution < 1.29 is 19.1 Å². The van der Waals surface area contributed by atoms with Crippen molar-refractivity contribution in [3.05, 3.63) is 95.3 Å². The first-order chi connectivity index (χ1) is 14.6. The van der Waals surface area contributed by atoms with E-state index >= 15 is 0 Å². The third kappa shape index (κ3) is 4.22. The fourth-order valence-corrected chi connectivity index (χ4v) is 3.18. The molecule has 0 saturated heterocycles. The van der Waals surface area contributed by atoms with E-state index in [2.05, 4.69) is 10.3 Å². The molecule has 6 heteroatoms. The third-order valence-electron chi connectivity index (χ3n) is 4.75. The zero-order valence-corrected chi connectivity index (χ0v) is 16.4. The maximum Gasteiger partial charge on any atom is 0.312 e. The van der Waals surface area contributed by atoms with Crippen molar-refractivity contribution in [1.82, 2.24) is 5.32 Å². The number of carbonyl (C=O) groups excluding carboxylic acids is 2. The van der Waals surface area contributed by atoms with Crippen molar-refractivity contribution in [2.45, 2.75) is 12.6 Å². The summed E-state index contributed by atoms with van der Waals surface area (Å²) < 4.78 is 11.0. The van der Waals surface area contributed by atoms with Crippen molar-refractivity contribution in [2.75, 3.05) is 7.11 Å². The number of aliphatic imine (C=N–C) groups is 1. The molecule has 30 heavy (non-hydrogen) atoms. The molecule has 1 heterocycles. The van der Waals surface area contributed by atoms with Gasteiger partial charge < -0.3 is 14.8 Å². The lowest BCUT2D eigenvalue weighted by Crippen LogP contribution is -2.29. The number of para-hydroxylation sites is 1. The molecule has 1 unspecified atom stereocenters. The van der Waals surface area contributed by atoms with E-state index < -0.39 is 5.91 Å². The van der Waals surface area contributed by atoms with Crippen LogP contribution in [0.1, 0.15) is 21.5 Å². The highest BCUT2D eigenvalue weighted by Gasteiger charge is 2.26. The van der Waals surface area contributed by atoms with Gasteiger partial charge in [-0.3, -0.25) is 9.59 Å². The van der Waals surface area contributed by atoms with Gasteiger partial charge >= 0.3 is 5.91 Å². The molecule has 0 radical (unpaired) electrons. The monoisotopic (exact) mass is 400 g/mol. The van der Waals surface area contributed by atoms with Crippen LogP contribution in [0.5, 0.6) is 5.75 Å². The van der Waals surface area contributed by atoms with E-state index in [9.17, 15) is 9.59 Å². The first kappa shape index (κ1) is 19.4. The van der Waals surface area contributed by atoms with Gasteiger partial charge in [0.25, 0.3) is 5.91 Å². The SMILES string of the molecule is COc1ccccc1CNC(=O)c1ccc(/C=C2/OC3C=CC=CC3=NC2=O)cc1. The minimum atomic E-state index is -0.417. The smallest absolute Gasteiger partial charge is 0.312 e. The van der Waals surface area contributed by atoms with Crippen molar-refractivity contribution in [2.24, 2.45) is 4.99 Å². The molecular formula is C24H20N2O4. The zero-order valence-electron chi connectivity index (χ0n) is 16.4. The van der Waals surface area contributed by atoms with Gasteiger partial charge in [-0.05, 0) is 42.0 Å². The van der Waals surface area contributed by atoms with Crippen LogP contribution in [0.15, 0.2) is 83.6 Å². The number of carbonyl (C=O) groups is 2. The van der Waals surface area contributed by atoms with E-state index in [-0.39, 0.29) is 17.8 Å². The number of benzene rings is 2. The van der Waals surface area contributed by atoms with Gasteiger partial charge in [-0.25, -0.2) is 4.99 Å². The van der Waals surface area contributed by atoms with Crippen LogP contribution in [-0.4, -0.2) is 30.7 Å². The Kier molecular flexibility index (Phi) is 5.57. The van der Waals surface area contributed by atoms with Crippen LogP contribution in [0.25, 0.3) is 6.08 Å². The van der Waals surface area contributed by atoms with E-state index in [1.807, 2.05) is 42.5 Å². The summed E-state index contributed by atoms with van der Waals surface area (Å²) in [5.74, 6) is 0.293. The molecule has 1 aliphatic carbocycles. The van der Waals surface area contributed by atoms with Crippen molar-refractivity contribution in [3.8, 4) is 5.75 Å². The number of ether oxygens (including phenoxy) is 2. The largest absolute Gasteiger partial charge is 0.496 e. The molecule has 0 bridgehead atoms. The summed E-state index contributed by atoms with van der Waals surface area (Å²) in [6.45, 7) is 0.362. The molecule has 0 aromatic heterocycles. The number of rotatable bonds is 5. The topological polar surface area (TPSA) is 77.0 Å². The number of fused-ring (bicyclic) bond motifs is 1. The molecule has 4 rings (SSSR count). The average molecular weight is 400 g/mol. The van der Waals surface area contributed by atoms with Gasteiger partial charge in [0.05, 0.1) is 12.8 Å². The highest BCUT2D eigenvalue weighted by atomic mass is 16.5. The lowest BCUT2D eigenvalue weighted by atomic mass is 10.1. The Labute approximate surface area is 174 Å². The summed E-state index contributed by atoms with van der Waals surface area (Å²) >= 11 is 0. The van der Waals surface area contributed by atoms with Crippen molar-refractivity contribution >= 4 is 23.6 Å². The number of methoxy groups -OCH3 is 1. The highest BCUT2D eigenvalue weighted by molar-refractivity contribution is 6.13. The van der Waals surface area contributed by atoms with Crippen molar-refractivity contribution in [1.29, 1.82) is 0 Å². The summed E-state index contributed by atoms with van der Waals surface area (Å²) in [5, 5.41) is 2.88. The average Bonchev–Trinajstić information content (AvgIpc) is 2.78. The molecule has 0 fully saturated rings. The van der Waals surface area contributed by atoms with E-state index in [0.717, 1.165) is 16.9 Å². The summed E-state index contributed by atoms with van der Waals surface area (Å²) in [4.78, 5) is 28.7. The van der Waals surface area contributed by atoms with E-state index in [1.54, 1.807) is 43.5 Å². The van der Waals surface area contributed by atoms with Crippen molar-refractivity contribution in [3.63, 3.8) is 0 Å². The van der Waals surface area contributed by atoms with Gasteiger partial charge in [0.2, 0.25) is 0 Å². The molecular weight excluding hydrogens is 380 g/mol. The minimum Gasteiger partial charge on any atom is -0.496 e. The summed E-state index contributed by atoms with van der Waals surface area (Å²) in [7, 11) is 1.60. The predicted octanol–water partition coefficient (Wildman–Crippen LogP) is 3.46. The predicted molar refractivity (Wildman–Crippen MR) is 114 cm³/mol. The minimum absolute atomic E-state index is 0.178. The second-order valence-electron chi connectivity index (χ2n) is 6.75. The van der Waals surface area contributed by atoms with Crippen LogP contribution in [0.3, 0.4) is 0 Å². The maximum absolute atomic E-state index is 12.5. The maximum atomic E-state index is 12.5. The number of allylic oxidation sites excluding steroid dienone is 2. The van der Waals surface area contributed by atoms with Gasteiger partial charge in [-0.15, -0.1) is 0 Å². The summed E-state index contributed by atoms with van der Waals surface area (Å²) in [5.41, 5.74) is 2.76. The number of hydrogen-bond donors (Lipinski definition) is 1. The molecule has 1 aliphatic heterocycles. The second-order valence-corrected chi connectivity index (χ2v) is 6.75. The Morgan fingerprint density at radius 1 is 1.17 bits per heavy atom. The lowest BCUT2D eigenvalue weighted by molar-refractivity contribution is -0.118. The van der Waals surface area contributed by atoms with E-state index in [0.29, 0.717) is 17.8 Å². The number of nitrogens with one attached hydrogen (secondary N) is 1.